The summed E-state index contributed by atoms with van der Waals surface area (Å²) in [5.41, 5.74) is 0.394. The van der Waals surface area contributed by atoms with Gasteiger partial charge in [-0.25, -0.2) is 0 Å². The van der Waals surface area contributed by atoms with Crippen molar-refractivity contribution in [3.8, 4) is 0 Å². The van der Waals surface area contributed by atoms with Crippen LogP contribution in [0, 0.1) is 25.7 Å². The van der Waals surface area contributed by atoms with Crippen molar-refractivity contribution >= 4 is 17.8 Å². The first-order chi connectivity index (χ1) is 9.81. The van der Waals surface area contributed by atoms with Crippen LogP contribution >= 0.6 is 0 Å². The van der Waals surface area contributed by atoms with Gasteiger partial charge in [0.15, 0.2) is 0 Å². The van der Waals surface area contributed by atoms with E-state index in [1.807, 2.05) is 0 Å². The number of carboxylic acid groups (broad SMARTS) is 2. The Balaban J connectivity index is 2.19. The van der Waals surface area contributed by atoms with Gasteiger partial charge in [0.2, 0.25) is 0 Å². The molecule has 2 unspecified atom stereocenters. The summed E-state index contributed by atoms with van der Waals surface area (Å²) < 4.78 is 5.30. The Morgan fingerprint density at radius 2 is 1.81 bits per heavy atom. The van der Waals surface area contributed by atoms with Crippen molar-refractivity contribution < 1.29 is 29.0 Å². The van der Waals surface area contributed by atoms with Crippen molar-refractivity contribution in [3.63, 3.8) is 0 Å². The van der Waals surface area contributed by atoms with Gasteiger partial charge in [-0.3, -0.25) is 14.4 Å². The Morgan fingerprint density at radius 3 is 2.29 bits per heavy atom. The summed E-state index contributed by atoms with van der Waals surface area (Å²) in [5.74, 6) is -3.62. The Hall–Kier alpha value is -2.31. The number of rotatable bonds is 3. The number of furan rings is 1. The molecular formula is C14H17NO6. The van der Waals surface area contributed by atoms with Crippen molar-refractivity contribution in [1.29, 1.82) is 0 Å². The van der Waals surface area contributed by atoms with Gasteiger partial charge in [-0.2, -0.15) is 0 Å². The fourth-order valence-corrected chi connectivity index (χ4v) is 2.70. The third-order valence-corrected chi connectivity index (χ3v) is 3.81. The van der Waals surface area contributed by atoms with Gasteiger partial charge >= 0.3 is 11.9 Å². The lowest BCUT2D eigenvalue weighted by molar-refractivity contribution is -0.156. The highest BCUT2D eigenvalue weighted by Gasteiger charge is 2.40. The number of nitrogens with zero attached hydrogens (tertiary/aromatic N) is 1. The lowest BCUT2D eigenvalue weighted by atomic mass is 9.85. The van der Waals surface area contributed by atoms with Crippen molar-refractivity contribution in [1.82, 2.24) is 4.90 Å². The molecule has 0 bridgehead atoms. The molecule has 1 aliphatic heterocycles. The van der Waals surface area contributed by atoms with Crippen LogP contribution in [-0.4, -0.2) is 46.0 Å². The van der Waals surface area contributed by atoms with Crippen molar-refractivity contribution in [2.75, 3.05) is 13.1 Å². The lowest BCUT2D eigenvalue weighted by Crippen LogP contribution is -2.48. The normalized spacial score (nSPS) is 22.1. The fraction of sp³-hybridized carbons (Fsp3) is 0.500. The second-order valence-electron chi connectivity index (χ2n) is 5.26. The summed E-state index contributed by atoms with van der Waals surface area (Å²) in [4.78, 5) is 36.1. The van der Waals surface area contributed by atoms with E-state index in [0.29, 0.717) is 17.1 Å². The minimum Gasteiger partial charge on any atom is -0.481 e. The third-order valence-electron chi connectivity index (χ3n) is 3.81. The topological polar surface area (TPSA) is 108 Å². The second kappa shape index (κ2) is 5.59. The van der Waals surface area contributed by atoms with Gasteiger partial charge in [-0.1, -0.05) is 0 Å². The maximum Gasteiger partial charge on any atom is 0.309 e. The van der Waals surface area contributed by atoms with E-state index in [1.54, 1.807) is 19.9 Å². The number of carboxylic acids is 2. The molecule has 0 spiro atoms. The van der Waals surface area contributed by atoms with E-state index in [4.69, 9.17) is 14.6 Å². The summed E-state index contributed by atoms with van der Waals surface area (Å²) in [7, 11) is 0. The Morgan fingerprint density at radius 1 is 1.19 bits per heavy atom. The van der Waals surface area contributed by atoms with Crippen LogP contribution in [0.1, 0.15) is 28.3 Å². The first-order valence-corrected chi connectivity index (χ1v) is 6.63. The molecule has 0 aromatic carbocycles. The number of aryl methyl sites for hydroxylation is 2. The number of carbonyl (C=O) groups is 3. The average Bonchev–Trinajstić information content (AvgIpc) is 2.76. The predicted octanol–water partition coefficient (Wildman–Crippen LogP) is 1.14. The summed E-state index contributed by atoms with van der Waals surface area (Å²) in [6, 6.07) is 1.61. The molecule has 1 saturated heterocycles. The molecule has 0 radical (unpaired) electrons. The summed E-state index contributed by atoms with van der Waals surface area (Å²) in [6.45, 7) is 3.51. The summed E-state index contributed by atoms with van der Waals surface area (Å²) in [5, 5.41) is 18.2. The second-order valence-corrected chi connectivity index (χ2v) is 5.26. The van der Waals surface area contributed by atoms with Crippen LogP contribution in [-0.2, 0) is 9.59 Å². The molecule has 1 aromatic heterocycles. The molecule has 2 atom stereocenters. The van der Waals surface area contributed by atoms with Crippen molar-refractivity contribution in [2.24, 2.45) is 11.8 Å². The zero-order valence-corrected chi connectivity index (χ0v) is 11.8. The van der Waals surface area contributed by atoms with Crippen LogP contribution in [0.4, 0.5) is 0 Å². The number of likely N-dealkylation sites (tertiary alicyclic amines) is 1. The largest absolute Gasteiger partial charge is 0.481 e. The smallest absolute Gasteiger partial charge is 0.309 e. The Bertz CT molecular complexity index is 590. The van der Waals surface area contributed by atoms with Crippen molar-refractivity contribution in [2.45, 2.75) is 20.3 Å². The van der Waals surface area contributed by atoms with Crippen LogP contribution in [0.15, 0.2) is 10.5 Å². The Labute approximate surface area is 121 Å². The van der Waals surface area contributed by atoms with E-state index in [2.05, 4.69) is 0 Å². The zero-order valence-electron chi connectivity index (χ0n) is 11.8. The molecule has 7 nitrogen and oxygen atoms in total. The minimum atomic E-state index is -1.19. The maximum absolute atomic E-state index is 12.4. The SMILES string of the molecule is Cc1cc(C(=O)N2CCC(C(=O)O)C(C(=O)O)C2)c(C)o1. The number of aliphatic carboxylic acids is 2. The number of hydrogen-bond acceptors (Lipinski definition) is 4. The highest BCUT2D eigenvalue weighted by molar-refractivity contribution is 5.96. The molecule has 1 aliphatic rings. The number of hydrogen-bond donors (Lipinski definition) is 2. The molecule has 7 heteroatoms. The molecule has 21 heavy (non-hydrogen) atoms. The molecule has 2 N–H and O–H groups in total. The maximum atomic E-state index is 12.4. The van der Waals surface area contributed by atoms with E-state index in [0.717, 1.165) is 0 Å². The molecule has 2 rings (SSSR count). The third kappa shape index (κ3) is 2.91. The molecule has 1 amide bonds. The van der Waals surface area contributed by atoms with E-state index < -0.39 is 23.8 Å². The Kier molecular flexibility index (Phi) is 4.02. The number of piperidine rings is 1. The first kappa shape index (κ1) is 15.1. The van der Waals surface area contributed by atoms with E-state index in [9.17, 15) is 14.4 Å². The van der Waals surface area contributed by atoms with Gasteiger partial charge in [-0.05, 0) is 26.3 Å². The average molecular weight is 295 g/mol. The monoisotopic (exact) mass is 295 g/mol. The molecule has 0 aliphatic carbocycles. The van der Waals surface area contributed by atoms with Crippen LogP contribution in [0.25, 0.3) is 0 Å². The van der Waals surface area contributed by atoms with Gasteiger partial charge in [0.25, 0.3) is 5.91 Å². The van der Waals surface area contributed by atoms with Gasteiger partial charge in [0.05, 0.1) is 17.4 Å². The quantitative estimate of drug-likeness (QED) is 0.865. The van der Waals surface area contributed by atoms with Crippen LogP contribution in [0.3, 0.4) is 0 Å². The standard InChI is InChI=1S/C14H17NO6/c1-7-5-10(8(2)21-7)12(16)15-4-3-9(13(17)18)11(6-15)14(19)20/h5,9,11H,3-4,6H2,1-2H3,(H,17,18)(H,19,20). The van der Waals surface area contributed by atoms with Crippen LogP contribution in [0.2, 0.25) is 0 Å². The molecule has 114 valence electrons. The highest BCUT2D eigenvalue weighted by atomic mass is 16.4. The lowest BCUT2D eigenvalue weighted by Gasteiger charge is -2.34. The van der Waals surface area contributed by atoms with E-state index in [-0.39, 0.29) is 25.4 Å². The van der Waals surface area contributed by atoms with Gasteiger partial charge in [0.1, 0.15) is 11.5 Å². The zero-order chi connectivity index (χ0) is 15.7. The molecule has 1 fully saturated rings. The molecular weight excluding hydrogens is 278 g/mol. The number of carbonyl (C=O) groups excluding carboxylic acids is 1. The molecule has 1 aromatic rings. The van der Waals surface area contributed by atoms with E-state index >= 15 is 0 Å². The van der Waals surface area contributed by atoms with Crippen LogP contribution < -0.4 is 0 Å². The minimum absolute atomic E-state index is 0.102. The van der Waals surface area contributed by atoms with Gasteiger partial charge < -0.3 is 19.5 Å². The number of amides is 1. The van der Waals surface area contributed by atoms with Crippen molar-refractivity contribution in [3.05, 3.63) is 23.2 Å². The predicted molar refractivity (Wildman–Crippen MR) is 71.0 cm³/mol. The summed E-state index contributed by atoms with van der Waals surface area (Å²) in [6.07, 6.45) is 0.133. The first-order valence-electron chi connectivity index (χ1n) is 6.63. The van der Waals surface area contributed by atoms with E-state index in [1.165, 1.54) is 4.90 Å². The van der Waals surface area contributed by atoms with Gasteiger partial charge in [-0.15, -0.1) is 0 Å². The molecule has 0 saturated carbocycles. The van der Waals surface area contributed by atoms with Crippen LogP contribution in [0.5, 0.6) is 0 Å². The molecule has 2 heterocycles. The highest BCUT2D eigenvalue weighted by Crippen LogP contribution is 2.26. The summed E-state index contributed by atoms with van der Waals surface area (Å²) >= 11 is 0. The fourth-order valence-electron chi connectivity index (χ4n) is 2.70. The van der Waals surface area contributed by atoms with Gasteiger partial charge in [0, 0.05) is 13.1 Å².